The molecule has 6 rings (SSSR count). The topological polar surface area (TPSA) is 65.5 Å². The molecule has 0 bridgehead atoms. The van der Waals surface area contributed by atoms with Crippen molar-refractivity contribution in [1.29, 1.82) is 0 Å². The number of carbonyl (C=O) groups excluding carboxylic acids is 1. The van der Waals surface area contributed by atoms with Crippen LogP contribution < -0.4 is 4.74 Å². The zero-order chi connectivity index (χ0) is 26.4. The van der Waals surface area contributed by atoms with E-state index in [0.29, 0.717) is 36.8 Å². The van der Waals surface area contributed by atoms with Crippen molar-refractivity contribution in [2.45, 2.75) is 81.9 Å². The number of rotatable bonds is 8. The highest BCUT2D eigenvalue weighted by molar-refractivity contribution is 6.31. The first kappa shape index (κ1) is 26.0. The average Bonchev–Trinajstić information content (AvgIpc) is 3.80. The highest BCUT2D eigenvalue weighted by Gasteiger charge is 2.42. The van der Waals surface area contributed by atoms with Gasteiger partial charge >= 0.3 is 0 Å². The zero-order valence-electron chi connectivity index (χ0n) is 21.3. The monoisotopic (exact) mass is 546 g/mol. The molecule has 4 aliphatic rings. The molecule has 4 atom stereocenters. The summed E-state index contributed by atoms with van der Waals surface area (Å²) in [6.07, 6.45) is 4.95. The van der Waals surface area contributed by atoms with E-state index >= 15 is 4.39 Å². The molecule has 2 unspecified atom stereocenters. The molecule has 4 fully saturated rings. The van der Waals surface area contributed by atoms with Crippen LogP contribution in [0.3, 0.4) is 0 Å². The van der Waals surface area contributed by atoms with Gasteiger partial charge < -0.3 is 19.5 Å². The van der Waals surface area contributed by atoms with Crippen LogP contribution in [0.4, 0.5) is 8.78 Å². The standard InChI is InChI=1S/C29H33ClF2N2O4/c30-24-11-19(31)8-7-18(24)15-33-9-2-4-21(16-33)37-26-14-25(32)23(13-22(26)17-5-6-17)28(35)34-10-1-3-20(34)12-27-29(36)38-27/h7-8,11,13-14,17,20-21,27,29,36H,1-6,9-10,12,15-16H2/t20-,21+,27?,29?/m0/s1. The predicted molar refractivity (Wildman–Crippen MR) is 138 cm³/mol. The van der Waals surface area contributed by atoms with E-state index in [4.69, 9.17) is 21.1 Å². The maximum atomic E-state index is 15.4. The van der Waals surface area contributed by atoms with Crippen LogP contribution in [0.25, 0.3) is 0 Å². The molecule has 38 heavy (non-hydrogen) atoms. The highest BCUT2D eigenvalue weighted by Crippen LogP contribution is 2.46. The summed E-state index contributed by atoms with van der Waals surface area (Å²) in [7, 11) is 0. The quantitative estimate of drug-likeness (QED) is 0.458. The summed E-state index contributed by atoms with van der Waals surface area (Å²) in [4.78, 5) is 17.4. The second-order valence-corrected chi connectivity index (χ2v) is 11.5. The van der Waals surface area contributed by atoms with Crippen LogP contribution in [-0.4, -0.2) is 65.0 Å². The SMILES string of the molecule is O=C(c1cc(C2CC2)c(O[C@@H]2CCCN(Cc3ccc(F)cc3Cl)C2)cc1F)N1CCC[C@H]1CC1OC1O. The van der Waals surface area contributed by atoms with Crippen molar-refractivity contribution in [1.82, 2.24) is 9.80 Å². The number of aliphatic hydroxyl groups is 1. The van der Waals surface area contributed by atoms with Crippen molar-refractivity contribution in [3.63, 3.8) is 0 Å². The third-order valence-electron chi connectivity index (χ3n) is 8.21. The van der Waals surface area contributed by atoms with Gasteiger partial charge in [0.2, 0.25) is 0 Å². The summed E-state index contributed by atoms with van der Waals surface area (Å²) in [6, 6.07) is 7.52. The summed E-state index contributed by atoms with van der Waals surface area (Å²) in [6.45, 7) is 2.71. The lowest BCUT2D eigenvalue weighted by Gasteiger charge is -2.33. The van der Waals surface area contributed by atoms with E-state index in [0.717, 1.165) is 56.2 Å². The van der Waals surface area contributed by atoms with Gasteiger partial charge in [-0.25, -0.2) is 8.78 Å². The number of carbonyl (C=O) groups is 1. The third kappa shape index (κ3) is 5.69. The van der Waals surface area contributed by atoms with Gasteiger partial charge in [0.05, 0.1) is 5.56 Å². The molecule has 2 aromatic rings. The molecule has 6 nitrogen and oxygen atoms in total. The van der Waals surface area contributed by atoms with Crippen molar-refractivity contribution in [2.75, 3.05) is 19.6 Å². The molecule has 0 aromatic heterocycles. The number of benzene rings is 2. The number of amides is 1. The predicted octanol–water partition coefficient (Wildman–Crippen LogP) is 5.25. The first-order valence-corrected chi connectivity index (χ1v) is 14.0. The minimum atomic E-state index is -0.745. The maximum Gasteiger partial charge on any atom is 0.257 e. The van der Waals surface area contributed by atoms with Crippen molar-refractivity contribution in [3.8, 4) is 5.75 Å². The van der Waals surface area contributed by atoms with E-state index in [1.807, 2.05) is 0 Å². The van der Waals surface area contributed by atoms with Gasteiger partial charge in [0.25, 0.3) is 5.91 Å². The molecule has 204 valence electrons. The lowest BCUT2D eigenvalue weighted by molar-refractivity contribution is 0.0719. The number of aliphatic hydroxyl groups excluding tert-OH is 1. The van der Waals surface area contributed by atoms with E-state index in [1.165, 1.54) is 18.2 Å². The van der Waals surface area contributed by atoms with E-state index in [1.54, 1.807) is 17.0 Å². The number of hydrogen-bond acceptors (Lipinski definition) is 5. The lowest BCUT2D eigenvalue weighted by atomic mass is 10.0. The Morgan fingerprint density at radius 2 is 1.89 bits per heavy atom. The summed E-state index contributed by atoms with van der Waals surface area (Å²) >= 11 is 6.24. The molecule has 3 heterocycles. The van der Waals surface area contributed by atoms with Gasteiger partial charge in [-0.3, -0.25) is 9.69 Å². The average molecular weight is 547 g/mol. The molecule has 0 spiro atoms. The van der Waals surface area contributed by atoms with E-state index in [9.17, 15) is 14.3 Å². The van der Waals surface area contributed by atoms with Gasteiger partial charge in [0, 0.05) is 36.8 Å². The Bertz CT molecular complexity index is 1210. The minimum Gasteiger partial charge on any atom is -0.489 e. The summed E-state index contributed by atoms with van der Waals surface area (Å²) in [5.74, 6) is -0.409. The van der Waals surface area contributed by atoms with Crippen LogP contribution in [0.1, 0.15) is 72.3 Å². The summed E-state index contributed by atoms with van der Waals surface area (Å²) < 4.78 is 40.4. The fraction of sp³-hybridized carbons (Fsp3) is 0.552. The van der Waals surface area contributed by atoms with E-state index in [2.05, 4.69) is 4.90 Å². The van der Waals surface area contributed by atoms with Gasteiger partial charge in [0.1, 0.15) is 29.6 Å². The van der Waals surface area contributed by atoms with Crippen LogP contribution in [0.15, 0.2) is 30.3 Å². The summed E-state index contributed by atoms with van der Waals surface area (Å²) in [5, 5.41) is 9.94. The molecule has 1 saturated carbocycles. The van der Waals surface area contributed by atoms with Crippen molar-refractivity contribution >= 4 is 17.5 Å². The van der Waals surface area contributed by atoms with Crippen LogP contribution in [0.2, 0.25) is 5.02 Å². The van der Waals surface area contributed by atoms with Crippen LogP contribution in [-0.2, 0) is 11.3 Å². The van der Waals surface area contributed by atoms with Crippen LogP contribution in [0, 0.1) is 11.6 Å². The first-order chi connectivity index (χ1) is 18.4. The Kier molecular flexibility index (Phi) is 7.33. The second kappa shape index (κ2) is 10.7. The van der Waals surface area contributed by atoms with Gasteiger partial charge in [-0.05, 0) is 86.7 Å². The fourth-order valence-electron chi connectivity index (χ4n) is 5.95. The number of nitrogens with zero attached hydrogens (tertiary/aromatic N) is 2. The number of ether oxygens (including phenoxy) is 2. The molecule has 3 aliphatic heterocycles. The Labute approximate surface area is 226 Å². The van der Waals surface area contributed by atoms with Gasteiger partial charge in [-0.1, -0.05) is 17.7 Å². The van der Waals surface area contributed by atoms with Crippen LogP contribution in [0.5, 0.6) is 5.75 Å². The molecule has 9 heteroatoms. The molecule has 1 N–H and O–H groups in total. The maximum absolute atomic E-state index is 15.4. The third-order valence-corrected chi connectivity index (χ3v) is 8.56. The van der Waals surface area contributed by atoms with Crippen molar-refractivity contribution in [3.05, 3.63) is 63.7 Å². The molecular formula is C29H33ClF2N2O4. The molecule has 3 saturated heterocycles. The van der Waals surface area contributed by atoms with E-state index < -0.39 is 12.1 Å². The number of piperidine rings is 1. The molecule has 0 radical (unpaired) electrons. The minimum absolute atomic E-state index is 0.0489. The van der Waals surface area contributed by atoms with Crippen molar-refractivity contribution < 1.29 is 28.2 Å². The van der Waals surface area contributed by atoms with Gasteiger partial charge in [-0.2, -0.15) is 0 Å². The second-order valence-electron chi connectivity index (χ2n) is 11.1. The van der Waals surface area contributed by atoms with Gasteiger partial charge in [0.15, 0.2) is 6.29 Å². The largest absolute Gasteiger partial charge is 0.489 e. The fourth-order valence-corrected chi connectivity index (χ4v) is 6.18. The Balaban J connectivity index is 1.16. The van der Waals surface area contributed by atoms with E-state index in [-0.39, 0.29) is 41.5 Å². The number of hydrogen-bond donors (Lipinski definition) is 1. The Morgan fingerprint density at radius 3 is 2.63 bits per heavy atom. The Hall–Kier alpha value is -2.26. The summed E-state index contributed by atoms with van der Waals surface area (Å²) in [5.41, 5.74) is 1.87. The van der Waals surface area contributed by atoms with Crippen molar-refractivity contribution in [2.24, 2.45) is 0 Å². The normalized spacial score (nSPS) is 27.5. The molecule has 2 aromatic carbocycles. The first-order valence-electron chi connectivity index (χ1n) is 13.7. The van der Waals surface area contributed by atoms with Gasteiger partial charge in [-0.15, -0.1) is 0 Å². The Morgan fingerprint density at radius 1 is 1.11 bits per heavy atom. The zero-order valence-corrected chi connectivity index (χ0v) is 22.0. The molecular weight excluding hydrogens is 514 g/mol. The molecule has 1 amide bonds. The highest BCUT2D eigenvalue weighted by atomic mass is 35.5. The number of halogens is 3. The number of likely N-dealkylation sites (tertiary alicyclic amines) is 2. The smallest absolute Gasteiger partial charge is 0.257 e. The molecule has 1 aliphatic carbocycles. The van der Waals surface area contributed by atoms with Crippen LogP contribution >= 0.6 is 11.6 Å². The lowest BCUT2D eigenvalue weighted by Crippen LogP contribution is -2.40. The number of epoxide rings is 1.